The van der Waals surface area contributed by atoms with Crippen LogP contribution in [0.5, 0.6) is 5.75 Å². The third-order valence-corrected chi connectivity index (χ3v) is 3.10. The Kier molecular flexibility index (Phi) is 4.90. The highest BCUT2D eigenvalue weighted by Gasteiger charge is 2.17. The lowest BCUT2D eigenvalue weighted by molar-refractivity contribution is -0.385. The van der Waals surface area contributed by atoms with Gasteiger partial charge in [-0.25, -0.2) is 0 Å². The fraction of sp³-hybridized carbons (Fsp3) is 0.133. The summed E-state index contributed by atoms with van der Waals surface area (Å²) in [6.45, 7) is 0.518. The highest BCUT2D eigenvalue weighted by Crippen LogP contribution is 2.32. The van der Waals surface area contributed by atoms with E-state index in [0.29, 0.717) is 6.54 Å². The minimum absolute atomic E-state index is 0.184. The summed E-state index contributed by atoms with van der Waals surface area (Å²) >= 11 is 5.80. The lowest BCUT2D eigenvalue weighted by Gasteiger charge is -2.01. The van der Waals surface area contributed by atoms with Crippen LogP contribution in [0.2, 0.25) is 5.02 Å². The van der Waals surface area contributed by atoms with Gasteiger partial charge in [-0.1, -0.05) is 41.9 Å². The monoisotopic (exact) mass is 304 g/mol. The Morgan fingerprint density at radius 1 is 1.29 bits per heavy atom. The van der Waals surface area contributed by atoms with Crippen LogP contribution in [0.1, 0.15) is 11.1 Å². The van der Waals surface area contributed by atoms with Crippen LogP contribution in [0.15, 0.2) is 47.5 Å². The molecule has 0 spiro atoms. The van der Waals surface area contributed by atoms with Gasteiger partial charge >= 0.3 is 5.69 Å². The fourth-order valence-electron chi connectivity index (χ4n) is 1.84. The molecule has 0 atom stereocenters. The molecule has 108 valence electrons. The molecule has 0 aliphatic rings. The topological polar surface area (TPSA) is 75.7 Å². The first kappa shape index (κ1) is 15.0. The number of phenols is 1. The van der Waals surface area contributed by atoms with Crippen molar-refractivity contribution in [3.63, 3.8) is 0 Å². The Bertz CT molecular complexity index is 672. The van der Waals surface area contributed by atoms with Crippen LogP contribution in [-0.2, 0) is 6.42 Å². The van der Waals surface area contributed by atoms with Crippen LogP contribution in [0.4, 0.5) is 5.69 Å². The van der Waals surface area contributed by atoms with E-state index < -0.39 is 16.4 Å². The van der Waals surface area contributed by atoms with Crippen LogP contribution in [-0.4, -0.2) is 22.8 Å². The summed E-state index contributed by atoms with van der Waals surface area (Å²) in [5.41, 5.74) is 0.963. The second kappa shape index (κ2) is 6.85. The highest BCUT2D eigenvalue weighted by molar-refractivity contribution is 6.31. The van der Waals surface area contributed by atoms with Crippen molar-refractivity contribution in [3.05, 3.63) is 68.7 Å². The molecule has 0 saturated heterocycles. The van der Waals surface area contributed by atoms with E-state index in [1.807, 2.05) is 30.3 Å². The fourth-order valence-corrected chi connectivity index (χ4v) is 2.07. The molecule has 0 aliphatic heterocycles. The van der Waals surface area contributed by atoms with Gasteiger partial charge in [-0.15, -0.1) is 0 Å². The number of phenolic OH excluding ortho intramolecular Hbond substituents is 1. The quantitative estimate of drug-likeness (QED) is 0.521. The Balaban J connectivity index is 2.09. The molecule has 0 amide bonds. The summed E-state index contributed by atoms with van der Waals surface area (Å²) in [6, 6.07) is 12.4. The molecule has 2 aromatic rings. The first-order valence-corrected chi connectivity index (χ1v) is 6.66. The van der Waals surface area contributed by atoms with Gasteiger partial charge in [-0.2, -0.15) is 0 Å². The van der Waals surface area contributed by atoms with Gasteiger partial charge in [0.25, 0.3) is 0 Å². The van der Waals surface area contributed by atoms with Crippen molar-refractivity contribution in [1.29, 1.82) is 0 Å². The summed E-state index contributed by atoms with van der Waals surface area (Å²) in [4.78, 5) is 14.3. The Morgan fingerprint density at radius 3 is 2.67 bits per heavy atom. The van der Waals surface area contributed by atoms with Crippen LogP contribution >= 0.6 is 11.6 Å². The van der Waals surface area contributed by atoms with E-state index in [-0.39, 0.29) is 10.6 Å². The van der Waals surface area contributed by atoms with Gasteiger partial charge in [0.05, 0.1) is 4.92 Å². The smallest absolute Gasteiger partial charge is 0.312 e. The molecular weight excluding hydrogens is 292 g/mol. The van der Waals surface area contributed by atoms with Gasteiger partial charge in [-0.05, 0) is 18.1 Å². The van der Waals surface area contributed by atoms with Gasteiger partial charge in [0.15, 0.2) is 0 Å². The maximum Gasteiger partial charge on any atom is 0.312 e. The minimum atomic E-state index is -0.678. The molecule has 6 heteroatoms. The van der Waals surface area contributed by atoms with E-state index in [1.165, 1.54) is 12.3 Å². The summed E-state index contributed by atoms with van der Waals surface area (Å²) < 4.78 is 0. The number of nitro groups is 1. The van der Waals surface area contributed by atoms with Crippen molar-refractivity contribution in [2.24, 2.45) is 4.99 Å². The molecule has 0 bridgehead atoms. The van der Waals surface area contributed by atoms with Crippen LogP contribution in [0, 0.1) is 10.1 Å². The SMILES string of the molecule is O=[N+]([O-])c1cc(Cl)cc(C=NCCc2ccccc2)c1O. The number of aliphatic imine (C=N–C) groups is 1. The highest BCUT2D eigenvalue weighted by atomic mass is 35.5. The van der Waals surface area contributed by atoms with Crippen molar-refractivity contribution in [1.82, 2.24) is 0 Å². The molecule has 0 saturated carbocycles. The van der Waals surface area contributed by atoms with Crippen molar-refractivity contribution < 1.29 is 10.0 Å². The number of hydrogen-bond acceptors (Lipinski definition) is 4. The van der Waals surface area contributed by atoms with E-state index in [1.54, 1.807) is 0 Å². The van der Waals surface area contributed by atoms with Gasteiger partial charge in [-0.3, -0.25) is 15.1 Å². The predicted molar refractivity (Wildman–Crippen MR) is 82.4 cm³/mol. The number of nitro benzene ring substituents is 1. The van der Waals surface area contributed by atoms with Crippen molar-refractivity contribution >= 4 is 23.5 Å². The van der Waals surface area contributed by atoms with Crippen molar-refractivity contribution in [2.75, 3.05) is 6.54 Å². The van der Waals surface area contributed by atoms with Gasteiger partial charge in [0.1, 0.15) is 0 Å². The average molecular weight is 305 g/mol. The largest absolute Gasteiger partial charge is 0.502 e. The van der Waals surface area contributed by atoms with Crippen LogP contribution in [0.3, 0.4) is 0 Å². The predicted octanol–water partition coefficient (Wildman–Crippen LogP) is 3.62. The molecule has 2 rings (SSSR count). The number of hydrogen-bond donors (Lipinski definition) is 1. The third kappa shape index (κ3) is 4.03. The van der Waals surface area contributed by atoms with Gasteiger partial charge in [0.2, 0.25) is 5.75 Å². The normalized spacial score (nSPS) is 10.9. The zero-order valence-electron chi connectivity index (χ0n) is 11.1. The summed E-state index contributed by atoms with van der Waals surface area (Å²) in [6.07, 6.45) is 2.15. The van der Waals surface area contributed by atoms with Crippen LogP contribution < -0.4 is 0 Å². The molecule has 21 heavy (non-hydrogen) atoms. The maximum atomic E-state index is 10.8. The Hall–Kier alpha value is -2.40. The summed E-state index contributed by atoms with van der Waals surface area (Å²) in [5, 5.41) is 20.8. The number of nitrogens with zero attached hydrogens (tertiary/aromatic N) is 2. The van der Waals surface area contributed by atoms with E-state index >= 15 is 0 Å². The number of rotatable bonds is 5. The van der Waals surface area contributed by atoms with E-state index in [0.717, 1.165) is 18.1 Å². The first-order valence-electron chi connectivity index (χ1n) is 6.28. The Morgan fingerprint density at radius 2 is 2.00 bits per heavy atom. The molecule has 0 fully saturated rings. The Labute approximate surface area is 126 Å². The van der Waals surface area contributed by atoms with Crippen molar-refractivity contribution in [3.8, 4) is 5.75 Å². The number of halogens is 1. The second-order valence-electron chi connectivity index (χ2n) is 4.39. The summed E-state index contributed by atoms with van der Waals surface area (Å²) in [7, 11) is 0. The average Bonchev–Trinajstić information content (AvgIpc) is 2.47. The van der Waals surface area contributed by atoms with Gasteiger partial charge in [0, 0.05) is 29.4 Å². The molecule has 0 heterocycles. The molecule has 5 nitrogen and oxygen atoms in total. The molecule has 0 unspecified atom stereocenters. The summed E-state index contributed by atoms with van der Waals surface area (Å²) in [5.74, 6) is -0.423. The van der Waals surface area contributed by atoms with Gasteiger partial charge < -0.3 is 5.11 Å². The molecule has 0 radical (unpaired) electrons. The molecule has 0 aliphatic carbocycles. The zero-order valence-corrected chi connectivity index (χ0v) is 11.8. The van der Waals surface area contributed by atoms with Crippen LogP contribution in [0.25, 0.3) is 0 Å². The van der Waals surface area contributed by atoms with E-state index in [2.05, 4.69) is 4.99 Å². The second-order valence-corrected chi connectivity index (χ2v) is 4.83. The first-order chi connectivity index (χ1) is 10.1. The third-order valence-electron chi connectivity index (χ3n) is 2.88. The van der Waals surface area contributed by atoms with E-state index in [9.17, 15) is 15.2 Å². The lowest BCUT2D eigenvalue weighted by Crippen LogP contribution is -1.94. The molecular formula is C15H13ClN2O3. The number of benzene rings is 2. The maximum absolute atomic E-state index is 10.8. The lowest BCUT2D eigenvalue weighted by atomic mass is 10.1. The zero-order chi connectivity index (χ0) is 15.2. The van der Waals surface area contributed by atoms with Crippen molar-refractivity contribution in [2.45, 2.75) is 6.42 Å². The molecule has 1 N–H and O–H groups in total. The number of aromatic hydroxyl groups is 1. The standard InChI is InChI=1S/C15H13ClN2O3/c16-13-8-12(15(19)14(9-13)18(20)21)10-17-7-6-11-4-2-1-3-5-11/h1-5,8-10,19H,6-7H2. The molecule has 0 aromatic heterocycles. The minimum Gasteiger partial charge on any atom is -0.502 e. The molecule has 2 aromatic carbocycles. The van der Waals surface area contributed by atoms with E-state index in [4.69, 9.17) is 11.6 Å².